The molecular formula is C18H21NO4S. The molecule has 2 aromatic rings. The zero-order valence-electron chi connectivity index (χ0n) is 14.0. The van der Waals surface area contributed by atoms with Crippen molar-refractivity contribution in [3.05, 3.63) is 48.0 Å². The fourth-order valence-electron chi connectivity index (χ4n) is 2.64. The van der Waals surface area contributed by atoms with Gasteiger partial charge in [-0.15, -0.1) is 0 Å². The van der Waals surface area contributed by atoms with Gasteiger partial charge in [0.15, 0.2) is 0 Å². The van der Waals surface area contributed by atoms with Gasteiger partial charge in [0.25, 0.3) is 10.0 Å². The van der Waals surface area contributed by atoms with Gasteiger partial charge < -0.3 is 9.47 Å². The zero-order valence-corrected chi connectivity index (χ0v) is 14.8. The zero-order chi connectivity index (χ0) is 17.3. The van der Waals surface area contributed by atoms with Crippen LogP contribution in [0.3, 0.4) is 0 Å². The van der Waals surface area contributed by atoms with E-state index in [1.54, 1.807) is 24.3 Å². The van der Waals surface area contributed by atoms with Gasteiger partial charge in [-0.25, -0.2) is 8.42 Å². The molecule has 0 fully saturated rings. The fraction of sp³-hybridized carbons (Fsp3) is 0.333. The van der Waals surface area contributed by atoms with E-state index < -0.39 is 10.0 Å². The van der Waals surface area contributed by atoms with Gasteiger partial charge in [0, 0.05) is 0 Å². The number of aryl methyl sites for hydroxylation is 1. The lowest BCUT2D eigenvalue weighted by atomic mass is 10.2. The molecule has 2 aromatic carbocycles. The Labute approximate surface area is 142 Å². The molecule has 1 aliphatic rings. The van der Waals surface area contributed by atoms with Gasteiger partial charge in [0.1, 0.15) is 18.1 Å². The summed E-state index contributed by atoms with van der Waals surface area (Å²) in [6.07, 6.45) is 0.0431. The summed E-state index contributed by atoms with van der Waals surface area (Å²) in [7, 11) is -3.64. The topological polar surface area (TPSA) is 55.8 Å². The average Bonchev–Trinajstić information content (AvgIpc) is 2.54. The molecular weight excluding hydrogens is 326 g/mol. The predicted octanol–water partition coefficient (Wildman–Crippen LogP) is 3.37. The highest BCUT2D eigenvalue weighted by Crippen LogP contribution is 2.36. The Morgan fingerprint density at radius 2 is 1.83 bits per heavy atom. The monoisotopic (exact) mass is 347 g/mol. The first-order chi connectivity index (χ1) is 11.4. The van der Waals surface area contributed by atoms with Gasteiger partial charge in [-0.3, -0.25) is 4.31 Å². The van der Waals surface area contributed by atoms with Crippen molar-refractivity contribution in [3.8, 4) is 11.5 Å². The minimum absolute atomic E-state index is 0.0431. The number of rotatable bonds is 4. The van der Waals surface area contributed by atoms with E-state index in [-0.39, 0.29) is 11.0 Å². The van der Waals surface area contributed by atoms with Crippen LogP contribution in [0.2, 0.25) is 0 Å². The third-order valence-electron chi connectivity index (χ3n) is 3.72. The second-order valence-electron chi connectivity index (χ2n) is 6.03. The van der Waals surface area contributed by atoms with Gasteiger partial charge in [-0.2, -0.15) is 0 Å². The van der Waals surface area contributed by atoms with Crippen molar-refractivity contribution < 1.29 is 17.9 Å². The van der Waals surface area contributed by atoms with Crippen LogP contribution in [0.4, 0.5) is 5.69 Å². The normalized spacial score (nSPS) is 14.2. The molecule has 0 radical (unpaired) electrons. The van der Waals surface area contributed by atoms with E-state index in [1.165, 1.54) is 4.31 Å². The SMILES string of the molecule is Cc1ccc2c(c1)N(S(=O)(=O)c1ccc(OC(C)C)cc1)CCO2. The summed E-state index contributed by atoms with van der Waals surface area (Å²) < 4.78 is 38.6. The summed E-state index contributed by atoms with van der Waals surface area (Å²) in [6, 6.07) is 12.1. The maximum atomic E-state index is 13.0. The highest BCUT2D eigenvalue weighted by Gasteiger charge is 2.30. The Bertz CT molecular complexity index is 829. The molecule has 0 N–H and O–H groups in total. The van der Waals surface area contributed by atoms with Crippen molar-refractivity contribution >= 4 is 15.7 Å². The minimum Gasteiger partial charge on any atom is -0.491 e. The lowest BCUT2D eigenvalue weighted by Crippen LogP contribution is -2.37. The minimum atomic E-state index is -3.64. The van der Waals surface area contributed by atoms with Crippen LogP contribution in [0.25, 0.3) is 0 Å². The number of anilines is 1. The van der Waals surface area contributed by atoms with Crippen LogP contribution in [-0.4, -0.2) is 27.7 Å². The van der Waals surface area contributed by atoms with E-state index in [2.05, 4.69) is 0 Å². The summed E-state index contributed by atoms with van der Waals surface area (Å²) in [5.74, 6) is 1.25. The first-order valence-electron chi connectivity index (χ1n) is 7.91. The number of benzene rings is 2. The molecule has 128 valence electrons. The number of fused-ring (bicyclic) bond motifs is 1. The van der Waals surface area contributed by atoms with Gasteiger partial charge in [0.2, 0.25) is 0 Å². The van der Waals surface area contributed by atoms with Crippen LogP contribution in [0.15, 0.2) is 47.4 Å². The molecule has 24 heavy (non-hydrogen) atoms. The molecule has 0 aromatic heterocycles. The third kappa shape index (κ3) is 3.19. The molecule has 0 spiro atoms. The highest BCUT2D eigenvalue weighted by molar-refractivity contribution is 7.92. The van der Waals surface area contributed by atoms with E-state index >= 15 is 0 Å². The predicted molar refractivity (Wildman–Crippen MR) is 93.4 cm³/mol. The Hall–Kier alpha value is -2.21. The summed E-state index contributed by atoms with van der Waals surface area (Å²) in [5.41, 5.74) is 1.57. The summed E-state index contributed by atoms with van der Waals surface area (Å²) in [6.45, 7) is 6.42. The molecule has 0 aliphatic carbocycles. The Kier molecular flexibility index (Phi) is 4.41. The molecule has 0 unspecified atom stereocenters. The van der Waals surface area contributed by atoms with Gasteiger partial charge in [-0.1, -0.05) is 6.07 Å². The van der Waals surface area contributed by atoms with Crippen molar-refractivity contribution in [1.29, 1.82) is 0 Å². The Balaban J connectivity index is 1.96. The molecule has 0 atom stereocenters. The van der Waals surface area contributed by atoms with Crippen LogP contribution < -0.4 is 13.8 Å². The first kappa shape index (κ1) is 16.6. The van der Waals surface area contributed by atoms with E-state index in [1.807, 2.05) is 39.0 Å². The molecule has 0 saturated carbocycles. The van der Waals surface area contributed by atoms with Crippen LogP contribution in [0.5, 0.6) is 11.5 Å². The first-order valence-corrected chi connectivity index (χ1v) is 9.35. The van der Waals surface area contributed by atoms with Gasteiger partial charge in [-0.05, 0) is 62.7 Å². The lowest BCUT2D eigenvalue weighted by molar-refractivity contribution is 0.242. The van der Waals surface area contributed by atoms with Gasteiger partial charge in [0.05, 0.1) is 23.2 Å². The second-order valence-corrected chi connectivity index (χ2v) is 7.90. The number of ether oxygens (including phenoxy) is 2. The maximum absolute atomic E-state index is 13.0. The molecule has 1 aliphatic heterocycles. The van der Waals surface area contributed by atoms with Crippen LogP contribution in [0, 0.1) is 6.92 Å². The van der Waals surface area contributed by atoms with Crippen molar-refractivity contribution in [1.82, 2.24) is 0 Å². The average molecular weight is 347 g/mol. The summed E-state index contributed by atoms with van der Waals surface area (Å²) in [5, 5.41) is 0. The maximum Gasteiger partial charge on any atom is 0.264 e. The van der Waals surface area contributed by atoms with Crippen molar-refractivity contribution in [3.63, 3.8) is 0 Å². The molecule has 6 heteroatoms. The molecule has 1 heterocycles. The summed E-state index contributed by atoms with van der Waals surface area (Å²) in [4.78, 5) is 0.243. The number of nitrogens with zero attached hydrogens (tertiary/aromatic N) is 1. The highest BCUT2D eigenvalue weighted by atomic mass is 32.2. The second kappa shape index (κ2) is 6.36. The molecule has 0 saturated heterocycles. The molecule has 0 amide bonds. The van der Waals surface area contributed by atoms with Crippen molar-refractivity contribution in [2.24, 2.45) is 0 Å². The third-order valence-corrected chi connectivity index (χ3v) is 5.55. The van der Waals surface area contributed by atoms with E-state index in [9.17, 15) is 8.42 Å². The number of hydrogen-bond acceptors (Lipinski definition) is 4. The van der Waals surface area contributed by atoms with Crippen molar-refractivity contribution in [2.45, 2.75) is 31.8 Å². The quantitative estimate of drug-likeness (QED) is 0.851. The van der Waals surface area contributed by atoms with Crippen LogP contribution >= 0.6 is 0 Å². The smallest absolute Gasteiger partial charge is 0.264 e. The largest absolute Gasteiger partial charge is 0.491 e. The molecule has 0 bridgehead atoms. The van der Waals surface area contributed by atoms with Crippen LogP contribution in [0.1, 0.15) is 19.4 Å². The van der Waals surface area contributed by atoms with E-state index in [4.69, 9.17) is 9.47 Å². The Morgan fingerprint density at radius 1 is 1.12 bits per heavy atom. The molecule has 3 rings (SSSR count). The standard InChI is InChI=1S/C18H21NO4S/c1-13(2)23-15-5-7-16(8-6-15)24(20,21)19-10-11-22-18-9-4-14(3)12-17(18)19/h4-9,12-13H,10-11H2,1-3H3. The Morgan fingerprint density at radius 3 is 2.50 bits per heavy atom. The fourth-order valence-corrected chi connectivity index (χ4v) is 4.09. The molecule has 5 nitrogen and oxygen atoms in total. The van der Waals surface area contributed by atoms with Gasteiger partial charge >= 0.3 is 0 Å². The number of hydrogen-bond donors (Lipinski definition) is 0. The summed E-state index contributed by atoms with van der Waals surface area (Å²) >= 11 is 0. The van der Waals surface area contributed by atoms with Crippen LogP contribution in [-0.2, 0) is 10.0 Å². The van der Waals surface area contributed by atoms with E-state index in [0.717, 1.165) is 5.56 Å². The van der Waals surface area contributed by atoms with Crippen molar-refractivity contribution in [2.75, 3.05) is 17.5 Å². The lowest BCUT2D eigenvalue weighted by Gasteiger charge is -2.30. The van der Waals surface area contributed by atoms with E-state index in [0.29, 0.717) is 30.3 Å². The number of sulfonamides is 1.